The van der Waals surface area contributed by atoms with Crippen molar-refractivity contribution >= 4 is 11.7 Å². The van der Waals surface area contributed by atoms with Crippen molar-refractivity contribution in [2.45, 2.75) is 32.7 Å². The second-order valence-corrected chi connectivity index (χ2v) is 5.13. The fourth-order valence-electron chi connectivity index (χ4n) is 2.57. The molecule has 0 aliphatic carbocycles. The highest BCUT2D eigenvalue weighted by Crippen LogP contribution is 2.25. The molecule has 1 aliphatic rings. The van der Waals surface area contributed by atoms with Gasteiger partial charge in [-0.15, -0.1) is 0 Å². The molecule has 0 spiro atoms. The Labute approximate surface area is 108 Å². The lowest BCUT2D eigenvalue weighted by Crippen LogP contribution is -2.38. The maximum absolute atomic E-state index is 12.4. The Balaban J connectivity index is 2.14. The number of hydrogen-bond acceptors (Lipinski definition) is 3. The molecule has 0 aromatic carbocycles. The molecule has 1 fully saturated rings. The lowest BCUT2D eigenvalue weighted by atomic mass is 10.0. The second kappa shape index (κ2) is 5.38. The van der Waals surface area contributed by atoms with Gasteiger partial charge in [-0.1, -0.05) is 13.8 Å². The van der Waals surface area contributed by atoms with Crippen molar-refractivity contribution < 1.29 is 4.79 Å². The van der Waals surface area contributed by atoms with Gasteiger partial charge in [0.15, 0.2) is 0 Å². The topological polar surface area (TPSA) is 45.2 Å². The minimum Gasteiger partial charge on any atom is -0.373 e. The van der Waals surface area contributed by atoms with Gasteiger partial charge in [-0.05, 0) is 30.9 Å². The Morgan fingerprint density at radius 2 is 2.28 bits per heavy atom. The van der Waals surface area contributed by atoms with Crippen LogP contribution in [0.4, 0.5) is 5.82 Å². The largest absolute Gasteiger partial charge is 0.373 e. The van der Waals surface area contributed by atoms with Crippen molar-refractivity contribution in [3.05, 3.63) is 23.9 Å². The van der Waals surface area contributed by atoms with Gasteiger partial charge in [0.05, 0.1) is 5.56 Å². The van der Waals surface area contributed by atoms with Crippen molar-refractivity contribution in [1.29, 1.82) is 0 Å². The number of carbonyl (C=O) groups excluding carboxylic acids is 1. The molecule has 1 aliphatic heterocycles. The summed E-state index contributed by atoms with van der Waals surface area (Å²) >= 11 is 0. The predicted molar refractivity (Wildman–Crippen MR) is 72.7 cm³/mol. The Morgan fingerprint density at radius 3 is 2.83 bits per heavy atom. The minimum absolute atomic E-state index is 0.112. The molecule has 2 rings (SSSR count). The Bertz CT molecular complexity index is 414. The normalized spacial score (nSPS) is 19.3. The molecule has 1 atom stereocenters. The fraction of sp³-hybridized carbons (Fsp3) is 0.571. The van der Waals surface area contributed by atoms with E-state index in [2.05, 4.69) is 24.1 Å². The number of carbonyl (C=O) groups is 1. The molecule has 1 saturated heterocycles. The van der Waals surface area contributed by atoms with E-state index in [1.54, 1.807) is 6.20 Å². The van der Waals surface area contributed by atoms with Gasteiger partial charge in [0, 0.05) is 25.8 Å². The third kappa shape index (κ3) is 2.47. The number of pyridine rings is 1. The quantitative estimate of drug-likeness (QED) is 0.892. The van der Waals surface area contributed by atoms with E-state index in [4.69, 9.17) is 0 Å². The molecule has 18 heavy (non-hydrogen) atoms. The van der Waals surface area contributed by atoms with Gasteiger partial charge in [-0.25, -0.2) is 4.98 Å². The van der Waals surface area contributed by atoms with E-state index >= 15 is 0 Å². The summed E-state index contributed by atoms with van der Waals surface area (Å²) in [7, 11) is 1.82. The third-order valence-electron chi connectivity index (χ3n) is 3.60. The van der Waals surface area contributed by atoms with Crippen LogP contribution in [0.1, 0.15) is 37.0 Å². The zero-order valence-corrected chi connectivity index (χ0v) is 11.3. The smallest absolute Gasteiger partial charge is 0.255 e. The molecule has 1 amide bonds. The highest BCUT2D eigenvalue weighted by molar-refractivity contribution is 5.94. The van der Waals surface area contributed by atoms with Gasteiger partial charge in [0.25, 0.3) is 5.91 Å². The van der Waals surface area contributed by atoms with Gasteiger partial charge in [0.2, 0.25) is 0 Å². The molecule has 0 radical (unpaired) electrons. The number of rotatable bonds is 3. The molecule has 98 valence electrons. The highest BCUT2D eigenvalue weighted by Gasteiger charge is 2.31. The summed E-state index contributed by atoms with van der Waals surface area (Å²) in [5, 5.41) is 2.95. The van der Waals surface area contributed by atoms with Gasteiger partial charge >= 0.3 is 0 Å². The van der Waals surface area contributed by atoms with Crippen LogP contribution in [0.5, 0.6) is 0 Å². The number of aromatic nitrogens is 1. The van der Waals surface area contributed by atoms with Crippen LogP contribution in [0.2, 0.25) is 0 Å². The van der Waals surface area contributed by atoms with E-state index in [0.717, 1.165) is 25.2 Å². The number of nitrogens with zero attached hydrogens (tertiary/aromatic N) is 2. The van der Waals surface area contributed by atoms with Crippen LogP contribution in [0.3, 0.4) is 0 Å². The minimum atomic E-state index is 0.112. The van der Waals surface area contributed by atoms with Crippen LogP contribution >= 0.6 is 0 Å². The molecular formula is C14H21N3O. The van der Waals surface area contributed by atoms with Gasteiger partial charge in [0.1, 0.15) is 5.82 Å². The van der Waals surface area contributed by atoms with Crippen molar-refractivity contribution in [2.24, 2.45) is 5.92 Å². The van der Waals surface area contributed by atoms with E-state index in [9.17, 15) is 4.79 Å². The van der Waals surface area contributed by atoms with Gasteiger partial charge in [-0.2, -0.15) is 0 Å². The molecule has 0 saturated carbocycles. The molecular weight excluding hydrogens is 226 g/mol. The van der Waals surface area contributed by atoms with Crippen molar-refractivity contribution in [1.82, 2.24) is 9.88 Å². The molecule has 1 aromatic rings. The zero-order valence-electron chi connectivity index (χ0n) is 11.3. The van der Waals surface area contributed by atoms with E-state index in [1.807, 2.05) is 24.1 Å². The van der Waals surface area contributed by atoms with E-state index in [-0.39, 0.29) is 5.91 Å². The van der Waals surface area contributed by atoms with E-state index in [0.29, 0.717) is 17.5 Å². The Kier molecular flexibility index (Phi) is 3.84. The van der Waals surface area contributed by atoms with Crippen LogP contribution in [0, 0.1) is 5.92 Å². The second-order valence-electron chi connectivity index (χ2n) is 5.13. The molecule has 1 N–H and O–H groups in total. The van der Waals surface area contributed by atoms with Crippen LogP contribution in [0.25, 0.3) is 0 Å². The lowest BCUT2D eigenvalue weighted by Gasteiger charge is -2.27. The predicted octanol–water partition coefficient (Wildman–Crippen LogP) is 2.38. The maximum atomic E-state index is 12.4. The maximum Gasteiger partial charge on any atom is 0.255 e. The first kappa shape index (κ1) is 12.9. The summed E-state index contributed by atoms with van der Waals surface area (Å²) < 4.78 is 0. The molecule has 2 heterocycles. The van der Waals surface area contributed by atoms with E-state index < -0.39 is 0 Å². The van der Waals surface area contributed by atoms with Crippen LogP contribution < -0.4 is 5.32 Å². The summed E-state index contributed by atoms with van der Waals surface area (Å²) in [5.74, 6) is 1.41. The summed E-state index contributed by atoms with van der Waals surface area (Å²) in [5.41, 5.74) is 0.682. The van der Waals surface area contributed by atoms with Crippen LogP contribution in [-0.2, 0) is 0 Å². The first-order valence-corrected chi connectivity index (χ1v) is 6.58. The summed E-state index contributed by atoms with van der Waals surface area (Å²) in [6.07, 6.45) is 3.88. The van der Waals surface area contributed by atoms with Crippen LogP contribution in [-0.4, -0.2) is 35.4 Å². The van der Waals surface area contributed by atoms with Crippen molar-refractivity contribution in [3.63, 3.8) is 0 Å². The molecule has 4 nitrogen and oxygen atoms in total. The number of hydrogen-bond donors (Lipinski definition) is 1. The monoisotopic (exact) mass is 247 g/mol. The Hall–Kier alpha value is -1.58. The van der Waals surface area contributed by atoms with Gasteiger partial charge in [-0.3, -0.25) is 4.79 Å². The third-order valence-corrected chi connectivity index (χ3v) is 3.60. The number of anilines is 1. The highest BCUT2D eigenvalue weighted by atomic mass is 16.2. The molecule has 4 heteroatoms. The van der Waals surface area contributed by atoms with E-state index in [1.165, 1.54) is 0 Å². The standard InChI is InChI=1S/C14H21N3O/c1-10(2)12-5-4-8-17(12)14(18)11-6-7-13(15-3)16-9-11/h6-7,9-10,12H,4-5,8H2,1-3H3,(H,15,16). The average Bonchev–Trinajstić information content (AvgIpc) is 2.87. The first-order valence-electron chi connectivity index (χ1n) is 6.58. The molecule has 0 bridgehead atoms. The van der Waals surface area contributed by atoms with Crippen LogP contribution in [0.15, 0.2) is 18.3 Å². The van der Waals surface area contributed by atoms with Crippen molar-refractivity contribution in [3.8, 4) is 0 Å². The van der Waals surface area contributed by atoms with Gasteiger partial charge < -0.3 is 10.2 Å². The summed E-state index contributed by atoms with van der Waals surface area (Å²) in [6, 6.07) is 4.06. The molecule has 1 unspecified atom stereocenters. The first-order chi connectivity index (χ1) is 8.63. The lowest BCUT2D eigenvalue weighted by molar-refractivity contribution is 0.0701. The SMILES string of the molecule is CNc1ccc(C(=O)N2CCCC2C(C)C)cn1. The average molecular weight is 247 g/mol. The van der Waals surface area contributed by atoms with Crippen molar-refractivity contribution in [2.75, 3.05) is 18.9 Å². The molecule has 1 aromatic heterocycles. The summed E-state index contributed by atoms with van der Waals surface area (Å²) in [4.78, 5) is 18.6. The number of amides is 1. The zero-order chi connectivity index (χ0) is 13.1. The Morgan fingerprint density at radius 1 is 1.50 bits per heavy atom. The fourth-order valence-corrected chi connectivity index (χ4v) is 2.57. The number of likely N-dealkylation sites (tertiary alicyclic amines) is 1. The summed E-state index contributed by atoms with van der Waals surface area (Å²) in [6.45, 7) is 5.23. The number of nitrogens with one attached hydrogen (secondary N) is 1.